The van der Waals surface area contributed by atoms with Crippen molar-refractivity contribution in [2.75, 3.05) is 7.05 Å². The second-order valence-electron chi connectivity index (χ2n) is 5.91. The molecule has 2 aromatic heterocycles. The fourth-order valence-electron chi connectivity index (χ4n) is 2.69. The number of hydrogen-bond acceptors (Lipinski definition) is 5. The molecule has 0 amide bonds. The molecule has 1 saturated carbocycles. The van der Waals surface area contributed by atoms with Crippen molar-refractivity contribution in [3.63, 3.8) is 0 Å². The van der Waals surface area contributed by atoms with Crippen LogP contribution in [0.3, 0.4) is 0 Å². The molecule has 1 fully saturated rings. The molecule has 3 rings (SSSR count). The molecule has 0 spiro atoms. The Balaban J connectivity index is 2.32. The van der Waals surface area contributed by atoms with Crippen LogP contribution in [0.1, 0.15) is 30.2 Å². The van der Waals surface area contributed by atoms with Crippen molar-refractivity contribution in [3.8, 4) is 0 Å². The van der Waals surface area contributed by atoms with Gasteiger partial charge in [0.25, 0.3) is 5.56 Å². The van der Waals surface area contributed by atoms with E-state index in [9.17, 15) is 9.59 Å². The zero-order valence-electron chi connectivity index (χ0n) is 12.7. The molecule has 0 radical (unpaired) electrons. The molecule has 2 N–H and O–H groups in total. The van der Waals surface area contributed by atoms with E-state index in [1.807, 2.05) is 13.8 Å². The Morgan fingerprint density at radius 3 is 2.57 bits per heavy atom. The standard InChI is InChI=1S/C14H20N4O2S/c1-8-9(7-16-15-3)21-12-10(8)11(19)18(13(20)17(12)4)14(2)5-6-14/h15-16H,5-7H2,1-4H3. The molecule has 0 aromatic carbocycles. The van der Waals surface area contributed by atoms with Crippen LogP contribution in [-0.4, -0.2) is 16.2 Å². The van der Waals surface area contributed by atoms with Crippen LogP contribution >= 0.6 is 11.3 Å². The summed E-state index contributed by atoms with van der Waals surface area (Å²) in [6.07, 6.45) is 1.79. The molecule has 2 heterocycles. The zero-order valence-corrected chi connectivity index (χ0v) is 13.6. The Bertz CT molecular complexity index is 826. The number of nitrogens with one attached hydrogen (secondary N) is 2. The minimum Gasteiger partial charge on any atom is -0.287 e. The fraction of sp³-hybridized carbons (Fsp3) is 0.571. The van der Waals surface area contributed by atoms with Crippen molar-refractivity contribution in [2.24, 2.45) is 7.05 Å². The van der Waals surface area contributed by atoms with Gasteiger partial charge in [-0.05, 0) is 39.3 Å². The van der Waals surface area contributed by atoms with Crippen LogP contribution in [-0.2, 0) is 19.1 Å². The van der Waals surface area contributed by atoms with Crippen molar-refractivity contribution >= 4 is 21.6 Å². The van der Waals surface area contributed by atoms with Crippen LogP contribution in [0.15, 0.2) is 9.59 Å². The highest BCUT2D eigenvalue weighted by atomic mass is 32.1. The summed E-state index contributed by atoms with van der Waals surface area (Å²) in [5.41, 5.74) is 6.25. The minimum atomic E-state index is -0.294. The van der Waals surface area contributed by atoms with Gasteiger partial charge in [-0.25, -0.2) is 4.79 Å². The van der Waals surface area contributed by atoms with Gasteiger partial charge in [0.15, 0.2) is 0 Å². The third-order valence-electron chi connectivity index (χ3n) is 4.37. The second kappa shape index (κ2) is 4.79. The van der Waals surface area contributed by atoms with Crippen LogP contribution in [0.2, 0.25) is 0 Å². The van der Waals surface area contributed by atoms with Crippen molar-refractivity contribution in [1.82, 2.24) is 20.0 Å². The zero-order chi connectivity index (χ0) is 15.4. The molecule has 0 aliphatic heterocycles. The minimum absolute atomic E-state index is 0.141. The molecule has 2 aromatic rings. The average molecular weight is 308 g/mol. The van der Waals surface area contributed by atoms with Gasteiger partial charge in [-0.2, -0.15) is 0 Å². The van der Waals surface area contributed by atoms with Crippen LogP contribution in [0.5, 0.6) is 0 Å². The van der Waals surface area contributed by atoms with Crippen LogP contribution in [0.4, 0.5) is 0 Å². The SMILES string of the molecule is CNNCc1sc2c(c1C)c(=O)n(C1(C)CC1)c(=O)n2C. The maximum absolute atomic E-state index is 12.8. The predicted molar refractivity (Wildman–Crippen MR) is 84.8 cm³/mol. The lowest BCUT2D eigenvalue weighted by Crippen LogP contribution is -2.43. The summed E-state index contributed by atoms with van der Waals surface area (Å²) < 4.78 is 3.06. The number of nitrogens with zero attached hydrogens (tertiary/aromatic N) is 2. The summed E-state index contributed by atoms with van der Waals surface area (Å²) in [5.74, 6) is 0. The van der Waals surface area contributed by atoms with Gasteiger partial charge in [0, 0.05) is 18.5 Å². The Labute approximate surface area is 126 Å². The maximum atomic E-state index is 12.8. The lowest BCUT2D eigenvalue weighted by atomic mass is 10.2. The molecule has 0 bridgehead atoms. The molecule has 0 unspecified atom stereocenters. The van der Waals surface area contributed by atoms with Crippen LogP contribution in [0, 0.1) is 6.92 Å². The van der Waals surface area contributed by atoms with E-state index in [0.717, 1.165) is 28.1 Å². The summed E-state index contributed by atoms with van der Waals surface area (Å²) in [6, 6.07) is 0. The number of rotatable bonds is 4. The summed E-state index contributed by atoms with van der Waals surface area (Å²) >= 11 is 1.51. The van der Waals surface area contributed by atoms with Gasteiger partial charge in [0.05, 0.1) is 10.9 Å². The third-order valence-corrected chi connectivity index (χ3v) is 5.73. The molecule has 6 nitrogen and oxygen atoms in total. The smallest absolute Gasteiger partial charge is 0.287 e. The lowest BCUT2D eigenvalue weighted by molar-refractivity contribution is 0.477. The number of fused-ring (bicyclic) bond motifs is 1. The second-order valence-corrected chi connectivity index (χ2v) is 7.00. The van der Waals surface area contributed by atoms with Gasteiger partial charge in [-0.3, -0.25) is 24.8 Å². The van der Waals surface area contributed by atoms with Crippen molar-refractivity contribution in [3.05, 3.63) is 31.3 Å². The first-order valence-corrected chi connectivity index (χ1v) is 7.86. The Morgan fingerprint density at radius 2 is 2.00 bits per heavy atom. The van der Waals surface area contributed by atoms with E-state index < -0.39 is 0 Å². The van der Waals surface area contributed by atoms with E-state index in [0.29, 0.717) is 11.9 Å². The summed E-state index contributed by atoms with van der Waals surface area (Å²) in [7, 11) is 3.55. The Kier molecular flexibility index (Phi) is 3.31. The highest BCUT2D eigenvalue weighted by molar-refractivity contribution is 7.18. The van der Waals surface area contributed by atoms with Crippen LogP contribution in [0.25, 0.3) is 10.2 Å². The van der Waals surface area contributed by atoms with Crippen molar-refractivity contribution < 1.29 is 0 Å². The number of aromatic nitrogens is 2. The van der Waals surface area contributed by atoms with Crippen LogP contribution < -0.4 is 22.1 Å². The van der Waals surface area contributed by atoms with Gasteiger partial charge in [-0.1, -0.05) is 0 Å². The molecule has 0 saturated heterocycles. The largest absolute Gasteiger partial charge is 0.332 e. The van der Waals surface area contributed by atoms with E-state index in [1.165, 1.54) is 15.9 Å². The van der Waals surface area contributed by atoms with E-state index in [-0.39, 0.29) is 16.8 Å². The topological polar surface area (TPSA) is 68.1 Å². The fourth-order valence-corrected chi connectivity index (χ4v) is 3.88. The molecule has 1 aliphatic carbocycles. The number of hydrazine groups is 1. The van der Waals surface area contributed by atoms with E-state index >= 15 is 0 Å². The number of aryl methyl sites for hydroxylation is 2. The van der Waals surface area contributed by atoms with Gasteiger partial charge in [0.1, 0.15) is 4.83 Å². The molecule has 0 atom stereocenters. The highest BCUT2D eigenvalue weighted by Gasteiger charge is 2.42. The van der Waals surface area contributed by atoms with Gasteiger partial charge in [-0.15, -0.1) is 11.3 Å². The first-order chi connectivity index (χ1) is 9.90. The van der Waals surface area contributed by atoms with Gasteiger partial charge in [0.2, 0.25) is 0 Å². The average Bonchev–Trinajstić information content (AvgIpc) is 3.08. The summed E-state index contributed by atoms with van der Waals surface area (Å²) in [5, 5.41) is 0.683. The first kappa shape index (κ1) is 14.5. The summed E-state index contributed by atoms with van der Waals surface area (Å²) in [4.78, 5) is 27.2. The molecular formula is C14H20N4O2S. The normalized spacial score (nSPS) is 16.6. The third kappa shape index (κ3) is 2.07. The first-order valence-electron chi connectivity index (χ1n) is 7.05. The van der Waals surface area contributed by atoms with E-state index in [1.54, 1.807) is 18.7 Å². The van der Waals surface area contributed by atoms with E-state index in [4.69, 9.17) is 0 Å². The Morgan fingerprint density at radius 1 is 1.33 bits per heavy atom. The summed E-state index contributed by atoms with van der Waals surface area (Å²) in [6.45, 7) is 4.57. The molecule has 114 valence electrons. The number of thiophene rings is 1. The molecule has 7 heteroatoms. The molecule has 21 heavy (non-hydrogen) atoms. The van der Waals surface area contributed by atoms with Gasteiger partial charge >= 0.3 is 5.69 Å². The van der Waals surface area contributed by atoms with Gasteiger partial charge < -0.3 is 0 Å². The molecular weight excluding hydrogens is 288 g/mol. The van der Waals surface area contributed by atoms with Crippen molar-refractivity contribution in [1.29, 1.82) is 0 Å². The highest BCUT2D eigenvalue weighted by Crippen LogP contribution is 2.41. The maximum Gasteiger partial charge on any atom is 0.332 e. The molecule has 1 aliphatic rings. The quantitative estimate of drug-likeness (QED) is 0.820. The van der Waals surface area contributed by atoms with Crippen molar-refractivity contribution in [2.45, 2.75) is 38.8 Å². The van der Waals surface area contributed by atoms with E-state index in [2.05, 4.69) is 10.9 Å². The monoisotopic (exact) mass is 308 g/mol. The predicted octanol–water partition coefficient (Wildman–Crippen LogP) is 0.803. The number of hydrogen-bond donors (Lipinski definition) is 2. The lowest BCUT2D eigenvalue weighted by Gasteiger charge is -2.14. The Hall–Kier alpha value is -1.44.